The minimum atomic E-state index is 0.0755. The second-order valence-corrected chi connectivity index (χ2v) is 6.29. The number of nitrogens with zero attached hydrogens (tertiary/aromatic N) is 1. The van der Waals surface area contributed by atoms with Crippen LogP contribution in [0.25, 0.3) is 6.08 Å². The average molecular weight is 278 g/mol. The molecule has 0 aromatic carbocycles. The Bertz CT molecular complexity index is 501. The Morgan fingerprint density at radius 1 is 1.44 bits per heavy atom. The molecule has 1 aliphatic carbocycles. The van der Waals surface area contributed by atoms with Crippen LogP contribution in [-0.4, -0.2) is 26.2 Å². The fourth-order valence-electron chi connectivity index (χ4n) is 2.53. The smallest absolute Gasteiger partial charge is 0.266 e. The molecule has 2 heterocycles. The summed E-state index contributed by atoms with van der Waals surface area (Å²) in [5, 5.41) is 0. The van der Waals surface area contributed by atoms with Crippen molar-refractivity contribution in [1.82, 2.24) is 9.88 Å². The molecule has 2 aliphatic rings. The molecule has 94 valence electrons. The Balaban J connectivity index is 1.84. The van der Waals surface area contributed by atoms with Crippen molar-refractivity contribution in [3.63, 3.8) is 0 Å². The first-order valence-electron chi connectivity index (χ1n) is 6.16. The molecule has 1 aliphatic heterocycles. The summed E-state index contributed by atoms with van der Waals surface area (Å²) in [6.07, 6.45) is 8.32. The number of hydrogen-bond donors (Lipinski definition) is 1. The van der Waals surface area contributed by atoms with Crippen molar-refractivity contribution in [3.8, 4) is 0 Å². The van der Waals surface area contributed by atoms with E-state index >= 15 is 0 Å². The molecule has 1 amide bonds. The zero-order valence-electron chi connectivity index (χ0n) is 9.89. The van der Waals surface area contributed by atoms with E-state index in [1.54, 1.807) is 0 Å². The van der Waals surface area contributed by atoms with E-state index in [4.69, 9.17) is 12.2 Å². The van der Waals surface area contributed by atoms with Crippen molar-refractivity contribution in [1.29, 1.82) is 0 Å². The van der Waals surface area contributed by atoms with Crippen LogP contribution in [-0.2, 0) is 4.79 Å². The van der Waals surface area contributed by atoms with Crippen molar-refractivity contribution in [3.05, 3.63) is 28.9 Å². The van der Waals surface area contributed by atoms with Gasteiger partial charge in [-0.2, -0.15) is 0 Å². The Hall–Kier alpha value is -1.07. The highest BCUT2D eigenvalue weighted by Crippen LogP contribution is 2.37. The zero-order valence-corrected chi connectivity index (χ0v) is 11.5. The summed E-state index contributed by atoms with van der Waals surface area (Å²) in [5.74, 6) is 0.0755. The molecule has 1 aromatic rings. The molecule has 0 atom stereocenters. The Morgan fingerprint density at radius 3 is 2.89 bits per heavy atom. The molecule has 3 rings (SSSR count). The molecule has 1 saturated carbocycles. The van der Waals surface area contributed by atoms with Gasteiger partial charge in [0.1, 0.15) is 4.32 Å². The Kier molecular flexibility index (Phi) is 3.26. The first kappa shape index (κ1) is 12.0. The van der Waals surface area contributed by atoms with Crippen LogP contribution < -0.4 is 0 Å². The van der Waals surface area contributed by atoms with Gasteiger partial charge in [-0.3, -0.25) is 9.69 Å². The van der Waals surface area contributed by atoms with Crippen LogP contribution in [0.2, 0.25) is 0 Å². The highest BCUT2D eigenvalue weighted by atomic mass is 32.2. The predicted molar refractivity (Wildman–Crippen MR) is 78.1 cm³/mol. The normalized spacial score (nSPS) is 23.6. The lowest BCUT2D eigenvalue weighted by Gasteiger charge is -2.21. The van der Waals surface area contributed by atoms with Crippen LogP contribution in [0.3, 0.4) is 0 Å². The maximum atomic E-state index is 12.4. The van der Waals surface area contributed by atoms with E-state index in [1.807, 2.05) is 29.3 Å². The van der Waals surface area contributed by atoms with Crippen LogP contribution in [0.4, 0.5) is 0 Å². The lowest BCUT2D eigenvalue weighted by atomic mass is 10.2. The van der Waals surface area contributed by atoms with Gasteiger partial charge < -0.3 is 4.98 Å². The molecule has 2 fully saturated rings. The largest absolute Gasteiger partial charge is 0.362 e. The highest BCUT2D eigenvalue weighted by Gasteiger charge is 2.37. The van der Waals surface area contributed by atoms with E-state index in [1.165, 1.54) is 24.6 Å². The molecule has 1 N–H and O–H groups in total. The van der Waals surface area contributed by atoms with Crippen LogP contribution >= 0.6 is 24.0 Å². The summed E-state index contributed by atoms with van der Waals surface area (Å²) >= 11 is 6.76. The number of aromatic nitrogens is 1. The minimum Gasteiger partial charge on any atom is -0.362 e. The van der Waals surface area contributed by atoms with E-state index in [0.717, 1.165) is 23.4 Å². The third-order valence-corrected chi connectivity index (χ3v) is 4.75. The van der Waals surface area contributed by atoms with Gasteiger partial charge in [0.05, 0.1) is 4.91 Å². The van der Waals surface area contributed by atoms with Gasteiger partial charge in [-0.15, -0.1) is 0 Å². The monoisotopic (exact) mass is 278 g/mol. The number of carbonyl (C=O) groups excluding carboxylic acids is 1. The van der Waals surface area contributed by atoms with Crippen molar-refractivity contribution < 1.29 is 4.79 Å². The quantitative estimate of drug-likeness (QED) is 0.667. The van der Waals surface area contributed by atoms with E-state index < -0.39 is 0 Å². The van der Waals surface area contributed by atoms with E-state index in [0.29, 0.717) is 10.4 Å². The maximum Gasteiger partial charge on any atom is 0.266 e. The van der Waals surface area contributed by atoms with Gasteiger partial charge in [0, 0.05) is 17.9 Å². The number of H-pyrrole nitrogens is 1. The van der Waals surface area contributed by atoms with Gasteiger partial charge >= 0.3 is 0 Å². The van der Waals surface area contributed by atoms with Crippen LogP contribution in [0.5, 0.6) is 0 Å². The molecule has 0 bridgehead atoms. The lowest BCUT2D eigenvalue weighted by molar-refractivity contribution is -0.123. The number of amides is 1. The number of rotatable bonds is 2. The topological polar surface area (TPSA) is 36.1 Å². The van der Waals surface area contributed by atoms with Crippen LogP contribution in [0, 0.1) is 0 Å². The van der Waals surface area contributed by atoms with Crippen molar-refractivity contribution in [2.75, 3.05) is 0 Å². The standard InChI is InChI=1S/C13H14N2OS2/c16-12-11(8-9-4-3-7-14-9)18-13(17)15(12)10-5-1-2-6-10/h3-4,7-8,10,14H,1-2,5-6H2/b11-8+. The molecule has 0 unspecified atom stereocenters. The van der Waals surface area contributed by atoms with Gasteiger partial charge in [0.25, 0.3) is 5.91 Å². The second-order valence-electron chi connectivity index (χ2n) is 4.62. The molecule has 0 spiro atoms. The Labute approximate surface area is 116 Å². The second kappa shape index (κ2) is 4.90. The molecule has 1 aromatic heterocycles. The Morgan fingerprint density at radius 2 is 2.22 bits per heavy atom. The van der Waals surface area contributed by atoms with Gasteiger partial charge in [0.15, 0.2) is 0 Å². The summed E-state index contributed by atoms with van der Waals surface area (Å²) in [5.41, 5.74) is 0.946. The molecule has 5 heteroatoms. The van der Waals surface area contributed by atoms with Crippen molar-refractivity contribution in [2.45, 2.75) is 31.7 Å². The fraction of sp³-hybridized carbons (Fsp3) is 0.385. The molecule has 1 saturated heterocycles. The predicted octanol–water partition coefficient (Wildman–Crippen LogP) is 3.16. The first-order chi connectivity index (χ1) is 8.75. The third kappa shape index (κ3) is 2.12. The lowest BCUT2D eigenvalue weighted by Crippen LogP contribution is -2.36. The van der Waals surface area contributed by atoms with Crippen LogP contribution in [0.1, 0.15) is 31.4 Å². The number of thiocarbonyl (C=S) groups is 1. The zero-order chi connectivity index (χ0) is 12.5. The van der Waals surface area contributed by atoms with E-state index in [2.05, 4.69) is 4.98 Å². The summed E-state index contributed by atoms with van der Waals surface area (Å²) in [6, 6.07) is 4.19. The summed E-state index contributed by atoms with van der Waals surface area (Å²) < 4.78 is 0.713. The maximum absolute atomic E-state index is 12.4. The van der Waals surface area contributed by atoms with Gasteiger partial charge in [0.2, 0.25) is 0 Å². The van der Waals surface area contributed by atoms with Crippen LogP contribution in [0.15, 0.2) is 23.2 Å². The van der Waals surface area contributed by atoms with Crippen molar-refractivity contribution in [2.24, 2.45) is 0 Å². The highest BCUT2D eigenvalue weighted by molar-refractivity contribution is 8.26. The van der Waals surface area contributed by atoms with Gasteiger partial charge in [-0.25, -0.2) is 0 Å². The number of aromatic amines is 1. The first-order valence-corrected chi connectivity index (χ1v) is 7.38. The average Bonchev–Trinajstić information content (AvgIpc) is 3.03. The molecule has 18 heavy (non-hydrogen) atoms. The van der Waals surface area contributed by atoms with E-state index in [9.17, 15) is 4.79 Å². The molecular formula is C13H14N2OS2. The summed E-state index contributed by atoms with van der Waals surface area (Å²) in [4.78, 5) is 18.0. The molecular weight excluding hydrogens is 264 g/mol. The molecule has 0 radical (unpaired) electrons. The number of hydrogen-bond acceptors (Lipinski definition) is 3. The fourth-order valence-corrected chi connectivity index (χ4v) is 3.92. The van der Waals surface area contributed by atoms with Gasteiger partial charge in [-0.05, 0) is 31.1 Å². The number of carbonyl (C=O) groups is 1. The molecule has 3 nitrogen and oxygen atoms in total. The third-order valence-electron chi connectivity index (χ3n) is 3.42. The van der Waals surface area contributed by atoms with Crippen molar-refractivity contribution >= 4 is 40.3 Å². The summed E-state index contributed by atoms with van der Waals surface area (Å²) in [6.45, 7) is 0. The summed E-state index contributed by atoms with van der Waals surface area (Å²) in [7, 11) is 0. The number of nitrogens with one attached hydrogen (secondary N) is 1. The minimum absolute atomic E-state index is 0.0755. The van der Waals surface area contributed by atoms with E-state index in [-0.39, 0.29) is 5.91 Å². The SMILES string of the molecule is O=C1/C(=C\c2ccc[nH]2)SC(=S)N1C1CCCC1. The van der Waals surface area contributed by atoms with Gasteiger partial charge in [-0.1, -0.05) is 36.8 Å². The number of thioether (sulfide) groups is 1.